The molecule has 0 atom stereocenters. The van der Waals surface area contributed by atoms with Crippen LogP contribution >= 0.6 is 11.6 Å². The first kappa shape index (κ1) is 28.0. The molecule has 3 aromatic rings. The highest BCUT2D eigenvalue weighted by atomic mass is 35.5. The largest absolute Gasteiger partial charge is 0.481 e. The maximum atomic E-state index is 13.3. The first-order chi connectivity index (χ1) is 19.2. The summed E-state index contributed by atoms with van der Waals surface area (Å²) in [6.45, 7) is 3.27. The summed E-state index contributed by atoms with van der Waals surface area (Å²) in [5.41, 5.74) is 2.76. The molecule has 1 spiro atoms. The number of hydrogen-bond donors (Lipinski definition) is 1. The van der Waals surface area contributed by atoms with Crippen LogP contribution in [0, 0.1) is 0 Å². The molecule has 6 nitrogen and oxygen atoms in total. The molecule has 1 saturated heterocycles. The van der Waals surface area contributed by atoms with Crippen molar-refractivity contribution in [1.82, 2.24) is 15.2 Å². The Hall–Kier alpha value is -3.56. The molecule has 0 unspecified atom stereocenters. The summed E-state index contributed by atoms with van der Waals surface area (Å²) < 4.78 is 43.6. The van der Waals surface area contributed by atoms with Gasteiger partial charge in [0.15, 0.2) is 0 Å². The lowest BCUT2D eigenvalue weighted by Crippen LogP contribution is -2.47. The van der Waals surface area contributed by atoms with Gasteiger partial charge in [0.2, 0.25) is 5.88 Å². The number of likely N-dealkylation sites (tertiary alicyclic amines) is 1. The number of carbonyl (C=O) groups is 1. The summed E-state index contributed by atoms with van der Waals surface area (Å²) in [4.78, 5) is 21.5. The zero-order chi connectivity index (χ0) is 28.3. The van der Waals surface area contributed by atoms with Gasteiger partial charge >= 0.3 is 12.2 Å². The molecule has 10 heteroatoms. The molecule has 1 fully saturated rings. The summed E-state index contributed by atoms with van der Waals surface area (Å²) in [5, 5.41) is 3.67. The Morgan fingerprint density at radius 2 is 1.88 bits per heavy atom. The van der Waals surface area contributed by atoms with Gasteiger partial charge in [0.1, 0.15) is 0 Å². The monoisotopic (exact) mass is 570 g/mol. The third-order valence-corrected chi connectivity index (χ3v) is 7.94. The van der Waals surface area contributed by atoms with Crippen LogP contribution in [0.1, 0.15) is 35.1 Å². The van der Waals surface area contributed by atoms with Gasteiger partial charge in [-0.05, 0) is 79.0 Å². The minimum absolute atomic E-state index is 0.168. The van der Waals surface area contributed by atoms with E-state index in [-0.39, 0.29) is 11.4 Å². The van der Waals surface area contributed by atoms with E-state index in [4.69, 9.17) is 16.3 Å². The smallest absolute Gasteiger partial charge is 0.416 e. The van der Waals surface area contributed by atoms with Crippen LogP contribution in [0.25, 0.3) is 6.08 Å². The van der Waals surface area contributed by atoms with Crippen molar-refractivity contribution in [2.75, 3.05) is 38.2 Å². The Bertz CT molecular complexity index is 1390. The van der Waals surface area contributed by atoms with Crippen molar-refractivity contribution in [2.24, 2.45) is 0 Å². The van der Waals surface area contributed by atoms with Gasteiger partial charge in [-0.2, -0.15) is 13.2 Å². The lowest BCUT2D eigenvalue weighted by atomic mass is 9.74. The van der Waals surface area contributed by atoms with Gasteiger partial charge in [-0.15, -0.1) is 0 Å². The molecule has 0 aliphatic carbocycles. The van der Waals surface area contributed by atoms with E-state index >= 15 is 0 Å². The third-order valence-electron chi connectivity index (χ3n) is 7.70. The number of alkyl halides is 3. The number of fused-ring (bicyclic) bond motifs is 2. The van der Waals surface area contributed by atoms with E-state index in [1.165, 1.54) is 12.1 Å². The molecule has 0 radical (unpaired) electrons. The van der Waals surface area contributed by atoms with Crippen molar-refractivity contribution in [1.29, 1.82) is 0 Å². The second-order valence-electron chi connectivity index (χ2n) is 10.2. The second-order valence-corrected chi connectivity index (χ2v) is 10.7. The van der Waals surface area contributed by atoms with E-state index in [0.29, 0.717) is 30.5 Å². The van der Waals surface area contributed by atoms with Crippen LogP contribution in [0.3, 0.4) is 0 Å². The first-order valence-corrected chi connectivity index (χ1v) is 13.5. The van der Waals surface area contributed by atoms with Crippen molar-refractivity contribution in [3.8, 4) is 5.88 Å². The third kappa shape index (κ3) is 6.10. The topological polar surface area (TPSA) is 57.7 Å². The van der Waals surface area contributed by atoms with Crippen molar-refractivity contribution in [3.63, 3.8) is 0 Å². The summed E-state index contributed by atoms with van der Waals surface area (Å²) in [5.74, 6) is 0.493. The van der Waals surface area contributed by atoms with Crippen LogP contribution in [0.4, 0.5) is 23.7 Å². The molecule has 40 heavy (non-hydrogen) atoms. The SMILES string of the molecule is COc1cc(CNC(=O)N2CC3(CCN(CC=Cc4ccc(C(F)(F)F)cc4)CC3)c3cc(Cl)ccc32)ccn1. The summed E-state index contributed by atoms with van der Waals surface area (Å²) in [7, 11) is 1.55. The minimum atomic E-state index is -4.33. The molecule has 210 valence electrons. The fraction of sp³-hybridized carbons (Fsp3) is 0.333. The number of nitrogens with zero attached hydrogens (tertiary/aromatic N) is 3. The van der Waals surface area contributed by atoms with Crippen LogP contribution in [0.5, 0.6) is 5.88 Å². The number of anilines is 1. The molecule has 1 aromatic heterocycles. The van der Waals surface area contributed by atoms with Crippen molar-refractivity contribution in [3.05, 3.63) is 94.1 Å². The van der Waals surface area contributed by atoms with Gasteiger partial charge in [0.25, 0.3) is 0 Å². The lowest BCUT2D eigenvalue weighted by molar-refractivity contribution is -0.137. The number of methoxy groups -OCH3 is 1. The van der Waals surface area contributed by atoms with Gasteiger partial charge < -0.3 is 10.1 Å². The van der Waals surface area contributed by atoms with Crippen LogP contribution < -0.4 is 15.0 Å². The molecule has 2 aliphatic heterocycles. The molecule has 3 heterocycles. The van der Waals surface area contributed by atoms with Crippen molar-refractivity contribution in [2.45, 2.75) is 31.0 Å². The number of nitrogens with one attached hydrogen (secondary N) is 1. The molecule has 1 N–H and O–H groups in total. The highest BCUT2D eigenvalue weighted by molar-refractivity contribution is 6.30. The Labute approximate surface area is 236 Å². The number of aromatic nitrogens is 1. The molecular formula is C30H30ClF3N4O2. The number of amides is 2. The lowest BCUT2D eigenvalue weighted by Gasteiger charge is -2.39. The van der Waals surface area contributed by atoms with E-state index in [0.717, 1.165) is 60.4 Å². The highest BCUT2D eigenvalue weighted by Crippen LogP contribution is 2.48. The standard InChI is InChI=1S/C30H30ClF3N4O2/c1-40-27-17-22(10-13-35-27)19-36-28(39)38-20-29(25-18-24(31)8-9-26(25)38)11-15-37(16-12-29)14-2-3-21-4-6-23(7-5-21)30(32,33)34/h2-10,13,17-18H,11-12,14-16,19-20H2,1H3,(H,36,39). The molecule has 0 bridgehead atoms. The maximum absolute atomic E-state index is 13.3. The van der Waals surface area contributed by atoms with Gasteiger partial charge in [-0.25, -0.2) is 9.78 Å². The molecule has 2 aromatic carbocycles. The summed E-state index contributed by atoms with van der Waals surface area (Å²) >= 11 is 6.39. The van der Waals surface area contributed by atoms with E-state index in [9.17, 15) is 18.0 Å². The molecular weight excluding hydrogens is 541 g/mol. The van der Waals surface area contributed by atoms with Gasteiger partial charge in [-0.3, -0.25) is 9.80 Å². The predicted molar refractivity (Wildman–Crippen MR) is 150 cm³/mol. The Balaban J connectivity index is 1.21. The van der Waals surface area contributed by atoms with Crippen LogP contribution in [-0.4, -0.2) is 49.2 Å². The predicted octanol–water partition coefficient (Wildman–Crippen LogP) is 6.54. The van der Waals surface area contributed by atoms with E-state index in [1.54, 1.807) is 19.4 Å². The van der Waals surface area contributed by atoms with Crippen LogP contribution in [0.15, 0.2) is 66.9 Å². The molecule has 2 aliphatic rings. The fourth-order valence-electron chi connectivity index (χ4n) is 5.48. The van der Waals surface area contributed by atoms with E-state index < -0.39 is 11.7 Å². The number of hydrogen-bond acceptors (Lipinski definition) is 4. The maximum Gasteiger partial charge on any atom is 0.416 e. The molecule has 5 rings (SSSR count). The quantitative estimate of drug-likeness (QED) is 0.366. The van der Waals surface area contributed by atoms with Gasteiger partial charge in [-0.1, -0.05) is 35.9 Å². The zero-order valence-corrected chi connectivity index (χ0v) is 22.8. The summed E-state index contributed by atoms with van der Waals surface area (Å²) in [6.07, 6.45) is 2.86. The number of urea groups is 1. The zero-order valence-electron chi connectivity index (χ0n) is 22.0. The number of carbonyl (C=O) groups excluding carboxylic acids is 1. The average molecular weight is 571 g/mol. The second kappa shape index (κ2) is 11.5. The van der Waals surface area contributed by atoms with Crippen molar-refractivity contribution < 1.29 is 22.7 Å². The number of piperidine rings is 1. The van der Waals surface area contributed by atoms with Crippen LogP contribution in [-0.2, 0) is 18.1 Å². The summed E-state index contributed by atoms with van der Waals surface area (Å²) in [6, 6.07) is 14.3. The number of benzene rings is 2. The normalized spacial score (nSPS) is 16.9. The number of pyridine rings is 1. The average Bonchev–Trinajstić information content (AvgIpc) is 3.25. The molecule has 0 saturated carbocycles. The Morgan fingerprint density at radius 1 is 1.12 bits per heavy atom. The number of halogens is 4. The minimum Gasteiger partial charge on any atom is -0.481 e. The van der Waals surface area contributed by atoms with Crippen molar-refractivity contribution >= 4 is 29.4 Å². The van der Waals surface area contributed by atoms with Crippen LogP contribution in [0.2, 0.25) is 5.02 Å². The molecule has 2 amide bonds. The number of ether oxygens (including phenoxy) is 1. The number of rotatable bonds is 6. The first-order valence-electron chi connectivity index (χ1n) is 13.1. The highest BCUT2D eigenvalue weighted by Gasteiger charge is 2.46. The Kier molecular flexibility index (Phi) is 8.05. The van der Waals surface area contributed by atoms with E-state index in [2.05, 4.69) is 15.2 Å². The van der Waals surface area contributed by atoms with Gasteiger partial charge in [0.05, 0.1) is 12.7 Å². The van der Waals surface area contributed by atoms with E-state index in [1.807, 2.05) is 41.3 Å². The van der Waals surface area contributed by atoms with Gasteiger partial charge in [0, 0.05) is 48.0 Å². The Morgan fingerprint density at radius 3 is 2.58 bits per heavy atom. The fourth-order valence-corrected chi connectivity index (χ4v) is 5.65.